The number of aromatic nitrogens is 2. The summed E-state index contributed by atoms with van der Waals surface area (Å²) < 4.78 is 2.22. The van der Waals surface area contributed by atoms with Gasteiger partial charge in [0.25, 0.3) is 0 Å². The first-order valence-electron chi connectivity index (χ1n) is 6.21. The van der Waals surface area contributed by atoms with E-state index in [4.69, 9.17) is 4.98 Å². The fourth-order valence-electron chi connectivity index (χ4n) is 3.05. The lowest BCUT2D eigenvalue weighted by molar-refractivity contribution is 0.186. The maximum atomic E-state index is 4.83. The van der Waals surface area contributed by atoms with Crippen LogP contribution in [0.15, 0.2) is 11.6 Å². The quantitative estimate of drug-likeness (QED) is 0.774. The summed E-state index contributed by atoms with van der Waals surface area (Å²) in [6.45, 7) is 6.80. The Bertz CT molecular complexity index is 542. The second kappa shape index (κ2) is 3.82. The fraction of sp³-hybridized carbons (Fsp3) is 0.615. The van der Waals surface area contributed by atoms with Crippen LogP contribution in [0.4, 0.5) is 0 Å². The third-order valence-electron chi connectivity index (χ3n) is 3.89. The van der Waals surface area contributed by atoms with E-state index in [2.05, 4.69) is 41.8 Å². The summed E-state index contributed by atoms with van der Waals surface area (Å²) in [6, 6.07) is 0. The molecule has 1 unspecified atom stereocenters. The Kier molecular flexibility index (Phi) is 2.52. The highest BCUT2D eigenvalue weighted by Crippen LogP contribution is 2.36. The Hall–Kier alpha value is -0.870. The van der Waals surface area contributed by atoms with Gasteiger partial charge in [-0.15, -0.1) is 11.3 Å². The van der Waals surface area contributed by atoms with Gasteiger partial charge in [0.2, 0.25) is 0 Å². The number of likely N-dealkylation sites (N-methyl/N-ethyl adjacent to an activating group) is 1. The lowest BCUT2D eigenvalue weighted by Gasteiger charge is -2.37. The summed E-state index contributed by atoms with van der Waals surface area (Å²) in [7, 11) is 2.21. The number of likely N-dealkylation sites (tertiary alicyclic amines) is 1. The van der Waals surface area contributed by atoms with Crippen molar-refractivity contribution in [1.29, 1.82) is 0 Å². The molecular weight excluding hydrogens is 230 g/mol. The average molecular weight is 249 g/mol. The topological polar surface area (TPSA) is 20.5 Å². The number of imidazole rings is 1. The van der Waals surface area contributed by atoms with Crippen LogP contribution in [0.2, 0.25) is 0 Å². The first-order valence-corrected chi connectivity index (χ1v) is 7.09. The van der Waals surface area contributed by atoms with Crippen LogP contribution < -0.4 is 0 Å². The van der Waals surface area contributed by atoms with Gasteiger partial charge in [-0.25, -0.2) is 4.98 Å². The van der Waals surface area contributed by atoms with Gasteiger partial charge in [-0.1, -0.05) is 6.92 Å². The van der Waals surface area contributed by atoms with Crippen LogP contribution in [0.3, 0.4) is 0 Å². The van der Waals surface area contributed by atoms with E-state index in [0.29, 0.717) is 0 Å². The zero-order valence-electron chi connectivity index (χ0n) is 10.7. The maximum absolute atomic E-state index is 4.83. The number of aryl methyl sites for hydroxylation is 1. The van der Waals surface area contributed by atoms with Crippen LogP contribution in [-0.4, -0.2) is 34.4 Å². The molecule has 92 valence electrons. The van der Waals surface area contributed by atoms with E-state index in [9.17, 15) is 0 Å². The van der Waals surface area contributed by atoms with Gasteiger partial charge in [-0.05, 0) is 33.4 Å². The van der Waals surface area contributed by atoms with Crippen molar-refractivity contribution in [3.63, 3.8) is 0 Å². The van der Waals surface area contributed by atoms with Crippen molar-refractivity contribution in [3.05, 3.63) is 23.1 Å². The van der Waals surface area contributed by atoms with Gasteiger partial charge >= 0.3 is 0 Å². The second-order valence-electron chi connectivity index (χ2n) is 5.49. The van der Waals surface area contributed by atoms with Gasteiger partial charge in [0, 0.05) is 23.5 Å². The molecule has 3 heterocycles. The molecule has 2 aromatic heterocycles. The van der Waals surface area contributed by atoms with Gasteiger partial charge in [-0.2, -0.15) is 0 Å². The minimum absolute atomic E-state index is 0.220. The number of thiazole rings is 1. The Labute approximate surface area is 106 Å². The number of rotatable bonds is 1. The van der Waals surface area contributed by atoms with Gasteiger partial charge < -0.3 is 4.90 Å². The molecule has 0 N–H and O–H groups in total. The smallest absolute Gasteiger partial charge is 0.123 e. The molecule has 0 saturated carbocycles. The highest BCUT2D eigenvalue weighted by Gasteiger charge is 2.35. The van der Waals surface area contributed by atoms with E-state index in [0.717, 1.165) is 12.4 Å². The summed E-state index contributed by atoms with van der Waals surface area (Å²) in [5, 5.41) is 2.16. The van der Waals surface area contributed by atoms with Crippen molar-refractivity contribution < 1.29 is 0 Å². The van der Waals surface area contributed by atoms with Crippen molar-refractivity contribution in [2.24, 2.45) is 0 Å². The summed E-state index contributed by atoms with van der Waals surface area (Å²) in [6.07, 6.45) is 4.65. The molecule has 1 aliphatic heterocycles. The average Bonchev–Trinajstić information content (AvgIpc) is 2.82. The third-order valence-corrected chi connectivity index (χ3v) is 4.76. The Morgan fingerprint density at radius 1 is 1.47 bits per heavy atom. The van der Waals surface area contributed by atoms with Crippen LogP contribution >= 0.6 is 11.3 Å². The highest BCUT2D eigenvalue weighted by atomic mass is 32.1. The van der Waals surface area contributed by atoms with Crippen molar-refractivity contribution >= 4 is 16.2 Å². The van der Waals surface area contributed by atoms with Crippen LogP contribution in [0.1, 0.15) is 31.3 Å². The number of hydrogen-bond donors (Lipinski definition) is 0. The largest absolute Gasteiger partial charge is 0.305 e. The second-order valence-corrected chi connectivity index (χ2v) is 6.38. The molecule has 3 nitrogen and oxygen atoms in total. The van der Waals surface area contributed by atoms with Gasteiger partial charge in [0.05, 0.1) is 5.69 Å². The van der Waals surface area contributed by atoms with E-state index < -0.39 is 0 Å². The normalized spacial score (nSPS) is 26.8. The molecule has 17 heavy (non-hydrogen) atoms. The fourth-order valence-corrected chi connectivity index (χ4v) is 4.07. The monoisotopic (exact) mass is 249 g/mol. The highest BCUT2D eigenvalue weighted by molar-refractivity contribution is 7.15. The number of nitrogens with zero attached hydrogens (tertiary/aromatic N) is 3. The van der Waals surface area contributed by atoms with E-state index >= 15 is 0 Å². The van der Waals surface area contributed by atoms with Crippen molar-refractivity contribution in [3.8, 4) is 0 Å². The molecule has 0 aliphatic carbocycles. The maximum Gasteiger partial charge on any atom is 0.123 e. The van der Waals surface area contributed by atoms with Gasteiger partial charge in [0.1, 0.15) is 10.7 Å². The van der Waals surface area contributed by atoms with E-state index in [1.165, 1.54) is 29.9 Å². The molecule has 3 rings (SSSR count). The molecule has 1 saturated heterocycles. The molecule has 0 aromatic carbocycles. The lowest BCUT2D eigenvalue weighted by atomic mass is 9.79. The standard InChI is InChI=1S/C13H19N3S/c1-10-14-11(12-16(10)7-8-17-12)13(2)5-4-6-15(3)9-13/h7-8H,4-6,9H2,1-3H3. The van der Waals surface area contributed by atoms with Crippen molar-refractivity contribution in [2.75, 3.05) is 20.1 Å². The molecular formula is C13H19N3S. The minimum atomic E-state index is 0.220. The summed E-state index contributed by atoms with van der Waals surface area (Å²) in [4.78, 5) is 8.59. The zero-order chi connectivity index (χ0) is 12.0. The Morgan fingerprint density at radius 3 is 3.06 bits per heavy atom. The SMILES string of the molecule is Cc1nc(C2(C)CCCN(C)C2)c2sccn12. The van der Waals surface area contributed by atoms with E-state index in [-0.39, 0.29) is 5.41 Å². The Morgan fingerprint density at radius 2 is 2.29 bits per heavy atom. The van der Waals surface area contributed by atoms with E-state index in [1.54, 1.807) is 0 Å². The molecule has 0 amide bonds. The summed E-state index contributed by atoms with van der Waals surface area (Å²) in [5.74, 6) is 1.12. The first kappa shape index (κ1) is 11.2. The van der Waals surface area contributed by atoms with Crippen molar-refractivity contribution in [2.45, 2.75) is 32.1 Å². The molecule has 0 spiro atoms. The zero-order valence-corrected chi connectivity index (χ0v) is 11.5. The summed E-state index contributed by atoms with van der Waals surface area (Å²) >= 11 is 1.81. The number of fused-ring (bicyclic) bond motifs is 1. The van der Waals surface area contributed by atoms with Gasteiger partial charge in [0.15, 0.2) is 0 Å². The third kappa shape index (κ3) is 1.70. The molecule has 4 heteroatoms. The van der Waals surface area contributed by atoms with Crippen molar-refractivity contribution in [1.82, 2.24) is 14.3 Å². The molecule has 0 radical (unpaired) electrons. The van der Waals surface area contributed by atoms with Crippen LogP contribution in [0.25, 0.3) is 4.83 Å². The van der Waals surface area contributed by atoms with Crippen LogP contribution in [0.5, 0.6) is 0 Å². The minimum Gasteiger partial charge on any atom is -0.305 e. The molecule has 1 aliphatic rings. The number of hydrogen-bond acceptors (Lipinski definition) is 3. The predicted octanol–water partition coefficient (Wildman–Crippen LogP) is 2.69. The molecule has 1 fully saturated rings. The summed E-state index contributed by atoms with van der Waals surface area (Å²) in [5.41, 5.74) is 1.52. The van der Waals surface area contributed by atoms with Crippen LogP contribution in [0, 0.1) is 6.92 Å². The van der Waals surface area contributed by atoms with E-state index in [1.807, 2.05) is 11.3 Å². The first-order chi connectivity index (χ1) is 8.10. The molecule has 2 aromatic rings. The van der Waals surface area contributed by atoms with Gasteiger partial charge in [-0.3, -0.25) is 4.40 Å². The predicted molar refractivity (Wildman–Crippen MR) is 71.9 cm³/mol. The lowest BCUT2D eigenvalue weighted by Crippen LogP contribution is -2.42. The molecule has 1 atom stereocenters. The van der Waals surface area contributed by atoms with Crippen LogP contribution in [-0.2, 0) is 5.41 Å². The number of piperidine rings is 1. The Balaban J connectivity index is 2.10. The molecule has 0 bridgehead atoms.